The number of rotatable bonds is 5. The third-order valence-corrected chi connectivity index (χ3v) is 3.25. The number of hydrogen-bond donors (Lipinski definition) is 0. The lowest BCUT2D eigenvalue weighted by atomic mass is 10.2. The van der Waals surface area contributed by atoms with Crippen molar-refractivity contribution in [2.45, 2.75) is 26.4 Å². The molecule has 0 atom stereocenters. The molecule has 0 N–H and O–H groups in total. The van der Waals surface area contributed by atoms with E-state index in [4.69, 9.17) is 0 Å². The van der Waals surface area contributed by atoms with Gasteiger partial charge >= 0.3 is 0 Å². The summed E-state index contributed by atoms with van der Waals surface area (Å²) in [4.78, 5) is 16.6. The first-order valence-electron chi connectivity index (χ1n) is 6.73. The molecule has 3 aromatic rings. The van der Waals surface area contributed by atoms with E-state index in [1.165, 1.54) is 0 Å². The molecule has 3 rings (SSSR count). The standard InChI is InChI=1S/C15H16N4O/c1-2-7-19-9-12(8-17-19)15(20)10-18-11-16-13-5-3-4-6-14(13)18/h3-6,8-9,11H,2,7,10H2,1H3. The van der Waals surface area contributed by atoms with Gasteiger partial charge in [-0.3, -0.25) is 9.48 Å². The maximum Gasteiger partial charge on any atom is 0.185 e. The van der Waals surface area contributed by atoms with E-state index in [1.807, 2.05) is 35.0 Å². The van der Waals surface area contributed by atoms with E-state index in [1.54, 1.807) is 17.2 Å². The molecule has 0 aliphatic rings. The molecule has 0 radical (unpaired) electrons. The number of aryl methyl sites for hydroxylation is 1. The molecule has 0 aliphatic heterocycles. The number of benzene rings is 1. The summed E-state index contributed by atoms with van der Waals surface area (Å²) in [5.74, 6) is 0.0514. The molecule has 0 spiro atoms. The molecule has 20 heavy (non-hydrogen) atoms. The Morgan fingerprint density at radius 2 is 2.15 bits per heavy atom. The average molecular weight is 268 g/mol. The monoisotopic (exact) mass is 268 g/mol. The maximum absolute atomic E-state index is 12.3. The van der Waals surface area contributed by atoms with Gasteiger partial charge in [-0.05, 0) is 18.6 Å². The lowest BCUT2D eigenvalue weighted by Gasteiger charge is -2.01. The minimum Gasteiger partial charge on any atom is -0.323 e. The van der Waals surface area contributed by atoms with Crippen LogP contribution in [0, 0.1) is 0 Å². The van der Waals surface area contributed by atoms with Gasteiger partial charge in [0.1, 0.15) is 0 Å². The van der Waals surface area contributed by atoms with Gasteiger partial charge in [0.05, 0.1) is 35.7 Å². The molecule has 2 heterocycles. The zero-order valence-corrected chi connectivity index (χ0v) is 11.4. The molecular weight excluding hydrogens is 252 g/mol. The van der Waals surface area contributed by atoms with Crippen LogP contribution in [0.2, 0.25) is 0 Å². The number of aromatic nitrogens is 4. The maximum atomic E-state index is 12.3. The van der Waals surface area contributed by atoms with Crippen LogP contribution in [-0.4, -0.2) is 25.1 Å². The summed E-state index contributed by atoms with van der Waals surface area (Å²) in [5.41, 5.74) is 2.53. The van der Waals surface area contributed by atoms with Gasteiger partial charge in [0, 0.05) is 12.7 Å². The van der Waals surface area contributed by atoms with Gasteiger partial charge in [0.2, 0.25) is 0 Å². The Balaban J connectivity index is 1.81. The molecule has 0 saturated carbocycles. The number of Topliss-reactive ketones (excluding diaryl/α,β-unsaturated/α-hetero) is 1. The van der Waals surface area contributed by atoms with Gasteiger partial charge in [0.15, 0.2) is 5.78 Å². The molecule has 0 aliphatic carbocycles. The van der Waals surface area contributed by atoms with Crippen LogP contribution in [0.4, 0.5) is 0 Å². The Labute approximate surface area is 116 Å². The summed E-state index contributed by atoms with van der Waals surface area (Å²) in [7, 11) is 0. The fourth-order valence-electron chi connectivity index (χ4n) is 2.24. The number of carbonyl (C=O) groups excluding carboxylic acids is 1. The summed E-state index contributed by atoms with van der Waals surface area (Å²) >= 11 is 0. The molecule has 0 fully saturated rings. The molecule has 2 aromatic heterocycles. The van der Waals surface area contributed by atoms with Crippen molar-refractivity contribution in [2.75, 3.05) is 0 Å². The molecule has 5 nitrogen and oxygen atoms in total. The highest BCUT2D eigenvalue weighted by Gasteiger charge is 2.11. The van der Waals surface area contributed by atoms with Crippen molar-refractivity contribution in [3.63, 3.8) is 0 Å². The zero-order chi connectivity index (χ0) is 13.9. The molecule has 102 valence electrons. The fraction of sp³-hybridized carbons (Fsp3) is 0.267. The number of para-hydroxylation sites is 2. The van der Waals surface area contributed by atoms with Gasteiger partial charge in [-0.2, -0.15) is 5.10 Å². The number of nitrogens with zero attached hydrogens (tertiary/aromatic N) is 4. The van der Waals surface area contributed by atoms with Gasteiger partial charge < -0.3 is 4.57 Å². The molecule has 0 unspecified atom stereocenters. The highest BCUT2D eigenvalue weighted by molar-refractivity contribution is 5.96. The van der Waals surface area contributed by atoms with E-state index < -0.39 is 0 Å². The second-order valence-electron chi connectivity index (χ2n) is 4.78. The Morgan fingerprint density at radius 1 is 1.30 bits per heavy atom. The van der Waals surface area contributed by atoms with Crippen LogP contribution in [0.1, 0.15) is 23.7 Å². The number of imidazole rings is 1. The Kier molecular flexibility index (Phi) is 3.33. The van der Waals surface area contributed by atoms with Crippen molar-refractivity contribution < 1.29 is 4.79 Å². The van der Waals surface area contributed by atoms with Crippen molar-refractivity contribution >= 4 is 16.8 Å². The highest BCUT2D eigenvalue weighted by atomic mass is 16.1. The minimum atomic E-state index is 0.0514. The largest absolute Gasteiger partial charge is 0.323 e. The predicted octanol–water partition coefficient (Wildman–Crippen LogP) is 2.53. The normalized spacial score (nSPS) is 11.1. The highest BCUT2D eigenvalue weighted by Crippen LogP contribution is 2.13. The van der Waals surface area contributed by atoms with Crippen molar-refractivity contribution in [1.82, 2.24) is 19.3 Å². The first-order valence-corrected chi connectivity index (χ1v) is 6.73. The van der Waals surface area contributed by atoms with E-state index in [2.05, 4.69) is 17.0 Å². The van der Waals surface area contributed by atoms with Gasteiger partial charge in [0.25, 0.3) is 0 Å². The van der Waals surface area contributed by atoms with Gasteiger partial charge in [-0.15, -0.1) is 0 Å². The number of carbonyl (C=O) groups is 1. The summed E-state index contributed by atoms with van der Waals surface area (Å²) in [5, 5.41) is 4.19. The molecular formula is C15H16N4O. The SMILES string of the molecule is CCCn1cc(C(=O)Cn2cnc3ccccc32)cn1. The molecule has 5 heteroatoms. The van der Waals surface area contributed by atoms with E-state index in [-0.39, 0.29) is 5.78 Å². The average Bonchev–Trinajstić information content (AvgIpc) is 3.07. The molecule has 0 amide bonds. The Bertz CT molecular complexity index is 741. The van der Waals surface area contributed by atoms with Crippen LogP contribution >= 0.6 is 0 Å². The second kappa shape index (κ2) is 5.28. The number of fused-ring (bicyclic) bond motifs is 1. The van der Waals surface area contributed by atoms with Crippen LogP contribution in [0.15, 0.2) is 43.0 Å². The quantitative estimate of drug-likeness (QED) is 0.668. The van der Waals surface area contributed by atoms with E-state index >= 15 is 0 Å². The van der Waals surface area contributed by atoms with Crippen molar-refractivity contribution in [1.29, 1.82) is 0 Å². The molecule has 0 saturated heterocycles. The summed E-state index contributed by atoms with van der Waals surface area (Å²) in [6.07, 6.45) is 6.16. The molecule has 1 aromatic carbocycles. The Hall–Kier alpha value is -2.43. The van der Waals surface area contributed by atoms with Crippen LogP contribution in [0.5, 0.6) is 0 Å². The van der Waals surface area contributed by atoms with Crippen molar-refractivity contribution in [3.05, 3.63) is 48.5 Å². The third-order valence-electron chi connectivity index (χ3n) is 3.25. The van der Waals surface area contributed by atoms with E-state index in [9.17, 15) is 4.79 Å². The summed E-state index contributed by atoms with van der Waals surface area (Å²) in [6, 6.07) is 7.80. The first kappa shape index (κ1) is 12.6. The lowest BCUT2D eigenvalue weighted by Crippen LogP contribution is -2.09. The van der Waals surface area contributed by atoms with Crippen molar-refractivity contribution in [3.8, 4) is 0 Å². The lowest BCUT2D eigenvalue weighted by molar-refractivity contribution is 0.0973. The summed E-state index contributed by atoms with van der Waals surface area (Å²) in [6.45, 7) is 3.21. The first-order chi connectivity index (χ1) is 9.78. The minimum absolute atomic E-state index is 0.0514. The van der Waals surface area contributed by atoms with E-state index in [0.717, 1.165) is 24.0 Å². The van der Waals surface area contributed by atoms with Crippen LogP contribution < -0.4 is 0 Å². The van der Waals surface area contributed by atoms with Crippen LogP contribution in [-0.2, 0) is 13.1 Å². The predicted molar refractivity (Wildman–Crippen MR) is 76.6 cm³/mol. The van der Waals surface area contributed by atoms with Crippen LogP contribution in [0.25, 0.3) is 11.0 Å². The Morgan fingerprint density at radius 3 is 3.00 bits per heavy atom. The molecule has 0 bridgehead atoms. The number of ketones is 1. The fourth-order valence-corrected chi connectivity index (χ4v) is 2.24. The summed E-state index contributed by atoms with van der Waals surface area (Å²) < 4.78 is 3.67. The van der Waals surface area contributed by atoms with Gasteiger partial charge in [-0.1, -0.05) is 19.1 Å². The topological polar surface area (TPSA) is 52.7 Å². The van der Waals surface area contributed by atoms with Gasteiger partial charge in [-0.25, -0.2) is 4.98 Å². The smallest absolute Gasteiger partial charge is 0.185 e. The van der Waals surface area contributed by atoms with E-state index in [0.29, 0.717) is 12.1 Å². The number of hydrogen-bond acceptors (Lipinski definition) is 3. The second-order valence-corrected chi connectivity index (χ2v) is 4.78. The third kappa shape index (κ3) is 2.34. The van der Waals surface area contributed by atoms with Crippen molar-refractivity contribution in [2.24, 2.45) is 0 Å². The zero-order valence-electron chi connectivity index (χ0n) is 11.4. The van der Waals surface area contributed by atoms with Crippen LogP contribution in [0.3, 0.4) is 0 Å².